The van der Waals surface area contributed by atoms with E-state index in [1.165, 1.54) is 0 Å². The molecule has 0 spiro atoms. The molecule has 0 aromatic carbocycles. The predicted octanol–water partition coefficient (Wildman–Crippen LogP) is 1.61. The van der Waals surface area contributed by atoms with Crippen LogP contribution in [0, 0.1) is 0 Å². The van der Waals surface area contributed by atoms with Crippen molar-refractivity contribution >= 4 is 21.9 Å². The van der Waals surface area contributed by atoms with Crippen LogP contribution in [0.4, 0.5) is 0 Å². The van der Waals surface area contributed by atoms with E-state index in [4.69, 9.17) is 5.11 Å². The van der Waals surface area contributed by atoms with Gasteiger partial charge in [-0.2, -0.15) is 5.10 Å². The number of aromatic nitrogens is 2. The largest absolute Gasteiger partial charge is 0.481 e. The third-order valence-corrected chi connectivity index (χ3v) is 2.56. The first kappa shape index (κ1) is 8.74. The smallest absolute Gasteiger partial charge is 0.309 e. The molecular formula is C8H9BrN2O2. The minimum Gasteiger partial charge on any atom is -0.481 e. The summed E-state index contributed by atoms with van der Waals surface area (Å²) in [6.07, 6.45) is 2.29. The lowest BCUT2D eigenvalue weighted by Crippen LogP contribution is -2.02. The van der Waals surface area contributed by atoms with Crippen molar-refractivity contribution in [2.24, 2.45) is 0 Å². The normalized spacial score (nSPS) is 16.1. The number of nitrogens with zero attached hydrogens (tertiary/aromatic N) is 2. The van der Waals surface area contributed by atoms with Gasteiger partial charge in [0.25, 0.3) is 0 Å². The van der Waals surface area contributed by atoms with Crippen molar-refractivity contribution in [2.75, 3.05) is 0 Å². The van der Waals surface area contributed by atoms with Gasteiger partial charge in [-0.15, -0.1) is 0 Å². The van der Waals surface area contributed by atoms with Gasteiger partial charge in [0.15, 0.2) is 0 Å². The van der Waals surface area contributed by atoms with Gasteiger partial charge >= 0.3 is 5.97 Å². The lowest BCUT2D eigenvalue weighted by atomic mass is 10.3. The minimum atomic E-state index is -0.840. The van der Waals surface area contributed by atoms with E-state index in [0.717, 1.165) is 17.4 Å². The Morgan fingerprint density at radius 3 is 3.00 bits per heavy atom. The Bertz CT molecular complexity index is 344. The average Bonchev–Trinajstić information content (AvgIpc) is 2.77. The highest BCUT2D eigenvalue weighted by Gasteiger charge is 2.26. The summed E-state index contributed by atoms with van der Waals surface area (Å²) in [4.78, 5) is 10.4. The van der Waals surface area contributed by atoms with E-state index >= 15 is 0 Å². The fraction of sp³-hybridized carbons (Fsp3) is 0.500. The highest BCUT2D eigenvalue weighted by molar-refractivity contribution is 9.10. The number of carbonyl (C=O) groups is 1. The molecule has 0 radical (unpaired) electrons. The standard InChI is InChI=1S/C8H9BrN2O2/c9-7-3-5(4-8(12)13)10-11(7)6-1-2-6/h3,6H,1-2,4H2,(H,12,13). The molecule has 70 valence electrons. The molecule has 1 aromatic heterocycles. The lowest BCUT2D eigenvalue weighted by Gasteiger charge is -1.97. The van der Waals surface area contributed by atoms with E-state index < -0.39 is 5.97 Å². The van der Waals surface area contributed by atoms with Crippen molar-refractivity contribution in [1.29, 1.82) is 0 Å². The number of carboxylic acid groups (broad SMARTS) is 1. The van der Waals surface area contributed by atoms with Gasteiger partial charge in [-0.3, -0.25) is 9.48 Å². The Morgan fingerprint density at radius 1 is 1.77 bits per heavy atom. The molecule has 0 atom stereocenters. The van der Waals surface area contributed by atoms with Crippen LogP contribution in [0.2, 0.25) is 0 Å². The molecule has 1 aliphatic rings. The van der Waals surface area contributed by atoms with E-state index in [9.17, 15) is 4.79 Å². The second-order valence-electron chi connectivity index (χ2n) is 3.20. The van der Waals surface area contributed by atoms with Crippen LogP contribution >= 0.6 is 15.9 Å². The Balaban J connectivity index is 2.19. The molecule has 1 fully saturated rings. The number of aliphatic carboxylic acids is 1. The van der Waals surface area contributed by atoms with E-state index in [0.29, 0.717) is 11.7 Å². The number of hydrogen-bond acceptors (Lipinski definition) is 2. The first-order valence-electron chi connectivity index (χ1n) is 4.12. The summed E-state index contributed by atoms with van der Waals surface area (Å²) < 4.78 is 2.74. The molecule has 1 N–H and O–H groups in total. The molecule has 0 bridgehead atoms. The average molecular weight is 245 g/mol. The molecule has 0 unspecified atom stereocenters. The van der Waals surface area contributed by atoms with Gasteiger partial charge in [-0.25, -0.2) is 0 Å². The van der Waals surface area contributed by atoms with Crippen LogP contribution in [0.3, 0.4) is 0 Å². The summed E-state index contributed by atoms with van der Waals surface area (Å²) in [6.45, 7) is 0. The maximum absolute atomic E-state index is 10.4. The topological polar surface area (TPSA) is 55.1 Å². The van der Waals surface area contributed by atoms with E-state index in [2.05, 4.69) is 21.0 Å². The van der Waals surface area contributed by atoms with Crippen LogP contribution in [0.15, 0.2) is 10.7 Å². The third kappa shape index (κ3) is 1.91. The van der Waals surface area contributed by atoms with Gasteiger partial charge in [0.1, 0.15) is 4.60 Å². The molecule has 1 aromatic rings. The van der Waals surface area contributed by atoms with E-state index in [1.54, 1.807) is 6.07 Å². The maximum atomic E-state index is 10.4. The minimum absolute atomic E-state index is 0.00167. The lowest BCUT2D eigenvalue weighted by molar-refractivity contribution is -0.136. The molecule has 0 aliphatic heterocycles. The van der Waals surface area contributed by atoms with E-state index in [1.807, 2.05) is 4.68 Å². The van der Waals surface area contributed by atoms with Crippen molar-refractivity contribution in [3.63, 3.8) is 0 Å². The molecular weight excluding hydrogens is 236 g/mol. The first-order chi connectivity index (χ1) is 6.16. The van der Waals surface area contributed by atoms with Crippen LogP contribution in [-0.2, 0) is 11.2 Å². The van der Waals surface area contributed by atoms with Gasteiger partial charge in [0.05, 0.1) is 18.2 Å². The Hall–Kier alpha value is -0.840. The maximum Gasteiger partial charge on any atom is 0.309 e. The molecule has 4 nitrogen and oxygen atoms in total. The van der Waals surface area contributed by atoms with Crippen LogP contribution in [0.1, 0.15) is 24.6 Å². The van der Waals surface area contributed by atoms with Crippen molar-refractivity contribution in [1.82, 2.24) is 9.78 Å². The van der Waals surface area contributed by atoms with Crippen molar-refractivity contribution in [3.05, 3.63) is 16.4 Å². The fourth-order valence-electron chi connectivity index (χ4n) is 1.24. The molecule has 1 aliphatic carbocycles. The summed E-state index contributed by atoms with van der Waals surface area (Å²) in [5, 5.41) is 12.8. The van der Waals surface area contributed by atoms with Crippen molar-refractivity contribution in [2.45, 2.75) is 25.3 Å². The zero-order valence-electron chi connectivity index (χ0n) is 6.90. The quantitative estimate of drug-likeness (QED) is 0.879. The Morgan fingerprint density at radius 2 is 2.46 bits per heavy atom. The van der Waals surface area contributed by atoms with Crippen molar-refractivity contribution < 1.29 is 9.90 Å². The van der Waals surface area contributed by atoms with Crippen LogP contribution in [0.5, 0.6) is 0 Å². The number of halogens is 1. The van der Waals surface area contributed by atoms with E-state index in [-0.39, 0.29) is 6.42 Å². The molecule has 5 heteroatoms. The fourth-order valence-corrected chi connectivity index (χ4v) is 1.87. The van der Waals surface area contributed by atoms with Gasteiger partial charge in [-0.05, 0) is 34.8 Å². The first-order valence-corrected chi connectivity index (χ1v) is 4.92. The highest BCUT2D eigenvalue weighted by Crippen LogP contribution is 2.36. The second kappa shape index (κ2) is 3.14. The summed E-state index contributed by atoms with van der Waals surface area (Å²) in [7, 11) is 0. The predicted molar refractivity (Wildman–Crippen MR) is 49.5 cm³/mol. The van der Waals surface area contributed by atoms with Gasteiger partial charge in [0, 0.05) is 0 Å². The summed E-state index contributed by atoms with van der Waals surface area (Å²) in [5.74, 6) is -0.840. The number of rotatable bonds is 3. The highest BCUT2D eigenvalue weighted by atomic mass is 79.9. The monoisotopic (exact) mass is 244 g/mol. The molecule has 2 rings (SSSR count). The number of hydrogen-bond donors (Lipinski definition) is 1. The summed E-state index contributed by atoms with van der Waals surface area (Å²) in [5.41, 5.74) is 0.617. The molecule has 1 heterocycles. The van der Waals surface area contributed by atoms with Crippen LogP contribution < -0.4 is 0 Å². The second-order valence-corrected chi connectivity index (χ2v) is 4.02. The Labute approximate surface area is 83.7 Å². The molecule has 13 heavy (non-hydrogen) atoms. The summed E-state index contributed by atoms with van der Waals surface area (Å²) >= 11 is 3.36. The van der Waals surface area contributed by atoms with Crippen LogP contribution in [0.25, 0.3) is 0 Å². The van der Waals surface area contributed by atoms with Gasteiger partial charge < -0.3 is 5.11 Å². The summed E-state index contributed by atoms with van der Waals surface area (Å²) in [6, 6.07) is 2.25. The molecule has 0 saturated heterocycles. The SMILES string of the molecule is O=C(O)Cc1cc(Br)n(C2CC2)n1. The number of carboxylic acids is 1. The molecule has 1 saturated carbocycles. The molecule has 0 amide bonds. The zero-order valence-corrected chi connectivity index (χ0v) is 8.49. The third-order valence-electron chi connectivity index (χ3n) is 1.97. The Kier molecular flexibility index (Phi) is 2.11. The van der Waals surface area contributed by atoms with Gasteiger partial charge in [-0.1, -0.05) is 0 Å². The zero-order chi connectivity index (χ0) is 9.42. The van der Waals surface area contributed by atoms with Crippen LogP contribution in [-0.4, -0.2) is 20.9 Å². The van der Waals surface area contributed by atoms with Gasteiger partial charge in [0.2, 0.25) is 0 Å². The van der Waals surface area contributed by atoms with Crippen molar-refractivity contribution in [3.8, 4) is 0 Å².